The van der Waals surface area contributed by atoms with E-state index in [4.69, 9.17) is 0 Å². The van der Waals surface area contributed by atoms with Crippen LogP contribution in [0.3, 0.4) is 0 Å². The Labute approximate surface area is 110 Å². The van der Waals surface area contributed by atoms with Crippen molar-refractivity contribution in [2.75, 3.05) is 0 Å². The Morgan fingerprint density at radius 3 is 1.82 bits per heavy atom. The van der Waals surface area contributed by atoms with E-state index >= 15 is 0 Å². The van der Waals surface area contributed by atoms with Crippen molar-refractivity contribution >= 4 is 27.7 Å². The SMILES string of the molecule is O=C(O)C1(C(=O)C2(Br)CCCCC2)CCCC1. The third-order valence-electron chi connectivity index (χ3n) is 4.35. The number of halogens is 1. The van der Waals surface area contributed by atoms with E-state index in [1.54, 1.807) is 0 Å². The summed E-state index contributed by atoms with van der Waals surface area (Å²) in [5.41, 5.74) is -1.10. The summed E-state index contributed by atoms with van der Waals surface area (Å²) >= 11 is 3.56. The summed E-state index contributed by atoms with van der Waals surface area (Å²) in [5.74, 6) is -0.973. The molecule has 0 saturated heterocycles. The summed E-state index contributed by atoms with van der Waals surface area (Å²) in [6, 6.07) is 0. The fraction of sp³-hybridized carbons (Fsp3) is 0.846. The zero-order valence-corrected chi connectivity index (χ0v) is 11.6. The highest BCUT2D eigenvalue weighted by atomic mass is 79.9. The number of ketones is 1. The largest absolute Gasteiger partial charge is 0.480 e. The minimum absolute atomic E-state index is 0.0605. The van der Waals surface area contributed by atoms with Crippen LogP contribution in [0.5, 0.6) is 0 Å². The van der Waals surface area contributed by atoms with Crippen LogP contribution in [0.2, 0.25) is 0 Å². The van der Waals surface area contributed by atoms with Gasteiger partial charge in [0.05, 0.1) is 4.32 Å². The van der Waals surface area contributed by atoms with Gasteiger partial charge in [0, 0.05) is 0 Å². The molecule has 0 aromatic heterocycles. The van der Waals surface area contributed by atoms with Gasteiger partial charge in [0.25, 0.3) is 0 Å². The lowest BCUT2D eigenvalue weighted by atomic mass is 9.72. The summed E-state index contributed by atoms with van der Waals surface area (Å²) in [5, 5.41) is 9.44. The predicted octanol–water partition coefficient (Wildman–Crippen LogP) is 3.30. The molecule has 0 spiro atoms. The quantitative estimate of drug-likeness (QED) is 0.643. The fourth-order valence-electron chi connectivity index (χ4n) is 3.28. The van der Waals surface area contributed by atoms with Gasteiger partial charge in [-0.2, -0.15) is 0 Å². The summed E-state index contributed by atoms with van der Waals surface area (Å²) in [4.78, 5) is 24.2. The Kier molecular flexibility index (Phi) is 3.62. The molecule has 2 aliphatic rings. The van der Waals surface area contributed by atoms with Crippen molar-refractivity contribution < 1.29 is 14.7 Å². The van der Waals surface area contributed by atoms with Crippen molar-refractivity contribution in [1.82, 2.24) is 0 Å². The maximum atomic E-state index is 12.7. The average Bonchev–Trinajstić information content (AvgIpc) is 2.79. The molecule has 0 bridgehead atoms. The number of hydrogen-bond acceptors (Lipinski definition) is 2. The smallest absolute Gasteiger partial charge is 0.317 e. The zero-order chi connectivity index (χ0) is 12.5. The number of rotatable bonds is 3. The molecule has 0 heterocycles. The Hall–Kier alpha value is -0.380. The number of hydrogen-bond donors (Lipinski definition) is 1. The van der Waals surface area contributed by atoms with Gasteiger partial charge in [-0.1, -0.05) is 48.0 Å². The van der Waals surface area contributed by atoms with E-state index in [0.29, 0.717) is 12.8 Å². The molecular formula is C13H19BrO3. The van der Waals surface area contributed by atoms with E-state index in [2.05, 4.69) is 15.9 Å². The number of carboxylic acids is 1. The van der Waals surface area contributed by atoms with Crippen molar-refractivity contribution in [1.29, 1.82) is 0 Å². The molecule has 0 amide bonds. The van der Waals surface area contributed by atoms with Crippen molar-refractivity contribution in [3.63, 3.8) is 0 Å². The monoisotopic (exact) mass is 302 g/mol. The number of Topliss-reactive ketones (excluding diaryl/α,β-unsaturated/α-hetero) is 1. The average molecular weight is 303 g/mol. The topological polar surface area (TPSA) is 54.4 Å². The first-order valence-corrected chi connectivity index (χ1v) is 7.28. The zero-order valence-electron chi connectivity index (χ0n) is 10.0. The number of aliphatic carboxylic acids is 1. The van der Waals surface area contributed by atoms with Crippen molar-refractivity contribution in [2.45, 2.75) is 62.1 Å². The van der Waals surface area contributed by atoms with Gasteiger partial charge in [-0.05, 0) is 25.7 Å². The Bertz CT molecular complexity index is 326. The Balaban J connectivity index is 2.24. The minimum Gasteiger partial charge on any atom is -0.480 e. The van der Waals surface area contributed by atoms with Gasteiger partial charge in [-0.25, -0.2) is 0 Å². The second kappa shape index (κ2) is 4.71. The van der Waals surface area contributed by atoms with Crippen LogP contribution in [0.25, 0.3) is 0 Å². The van der Waals surface area contributed by atoms with Gasteiger partial charge in [-0.15, -0.1) is 0 Å². The van der Waals surface area contributed by atoms with Crippen molar-refractivity contribution in [2.24, 2.45) is 5.41 Å². The number of carboxylic acid groups (broad SMARTS) is 1. The van der Waals surface area contributed by atoms with Gasteiger partial charge in [0.15, 0.2) is 5.78 Å². The summed E-state index contributed by atoms with van der Waals surface area (Å²) in [6.07, 6.45) is 7.55. The van der Waals surface area contributed by atoms with Crippen LogP contribution in [-0.2, 0) is 9.59 Å². The van der Waals surface area contributed by atoms with Gasteiger partial charge in [-0.3, -0.25) is 9.59 Å². The normalized spacial score (nSPS) is 26.6. The molecule has 0 aromatic rings. The van der Waals surface area contributed by atoms with Crippen LogP contribution in [0.1, 0.15) is 57.8 Å². The molecule has 0 unspecified atom stereocenters. The summed E-state index contributed by atoms with van der Waals surface area (Å²) < 4.78 is -0.562. The molecule has 2 saturated carbocycles. The first kappa shape index (κ1) is 13.1. The highest BCUT2D eigenvalue weighted by Crippen LogP contribution is 2.48. The minimum atomic E-state index is -1.10. The first-order chi connectivity index (χ1) is 8.01. The third-order valence-corrected chi connectivity index (χ3v) is 5.51. The highest BCUT2D eigenvalue weighted by Gasteiger charge is 2.55. The van der Waals surface area contributed by atoms with Crippen LogP contribution in [-0.4, -0.2) is 21.2 Å². The molecule has 4 heteroatoms. The molecule has 0 aliphatic heterocycles. The van der Waals surface area contributed by atoms with Gasteiger partial charge < -0.3 is 5.11 Å². The number of alkyl halides is 1. The first-order valence-electron chi connectivity index (χ1n) is 6.49. The molecule has 0 radical (unpaired) electrons. The lowest BCUT2D eigenvalue weighted by Crippen LogP contribution is -2.48. The Morgan fingerprint density at radius 2 is 1.35 bits per heavy atom. The van der Waals surface area contributed by atoms with E-state index in [1.807, 2.05) is 0 Å². The molecule has 2 aliphatic carbocycles. The van der Waals surface area contributed by atoms with Crippen LogP contribution in [0.4, 0.5) is 0 Å². The van der Waals surface area contributed by atoms with Crippen molar-refractivity contribution in [3.8, 4) is 0 Å². The molecular weight excluding hydrogens is 284 g/mol. The maximum absolute atomic E-state index is 12.7. The van der Waals surface area contributed by atoms with E-state index < -0.39 is 15.7 Å². The standard InChI is InChI=1S/C13H19BrO3/c14-13(8-2-1-3-9-13)10(15)12(11(16)17)6-4-5-7-12/h1-9H2,(H,16,17). The van der Waals surface area contributed by atoms with Crippen LogP contribution < -0.4 is 0 Å². The van der Waals surface area contributed by atoms with E-state index in [1.165, 1.54) is 0 Å². The van der Waals surface area contributed by atoms with Gasteiger partial charge >= 0.3 is 5.97 Å². The third kappa shape index (κ3) is 2.16. The second-order valence-electron chi connectivity index (χ2n) is 5.45. The molecule has 17 heavy (non-hydrogen) atoms. The van der Waals surface area contributed by atoms with E-state index in [0.717, 1.165) is 44.9 Å². The van der Waals surface area contributed by atoms with Crippen LogP contribution in [0, 0.1) is 5.41 Å². The van der Waals surface area contributed by atoms with Crippen LogP contribution >= 0.6 is 15.9 Å². The summed E-state index contributed by atoms with van der Waals surface area (Å²) in [7, 11) is 0. The Morgan fingerprint density at radius 1 is 0.882 bits per heavy atom. The number of carbonyl (C=O) groups is 2. The molecule has 1 N–H and O–H groups in total. The summed E-state index contributed by atoms with van der Waals surface area (Å²) in [6.45, 7) is 0. The molecule has 0 atom stereocenters. The molecule has 0 aromatic carbocycles. The second-order valence-corrected chi connectivity index (χ2v) is 6.97. The molecule has 2 rings (SSSR count). The molecule has 2 fully saturated rings. The highest BCUT2D eigenvalue weighted by molar-refractivity contribution is 9.10. The molecule has 3 nitrogen and oxygen atoms in total. The maximum Gasteiger partial charge on any atom is 0.317 e. The van der Waals surface area contributed by atoms with E-state index in [9.17, 15) is 14.7 Å². The predicted molar refractivity (Wildman–Crippen MR) is 68.3 cm³/mol. The van der Waals surface area contributed by atoms with Crippen molar-refractivity contribution in [3.05, 3.63) is 0 Å². The van der Waals surface area contributed by atoms with E-state index in [-0.39, 0.29) is 5.78 Å². The fourth-order valence-corrected chi connectivity index (χ4v) is 4.22. The lowest BCUT2D eigenvalue weighted by molar-refractivity contribution is -0.155. The molecule has 96 valence electrons. The lowest BCUT2D eigenvalue weighted by Gasteiger charge is -2.36. The van der Waals surface area contributed by atoms with Gasteiger partial charge in [0.2, 0.25) is 0 Å². The number of carbonyl (C=O) groups excluding carboxylic acids is 1. The van der Waals surface area contributed by atoms with Crippen LogP contribution in [0.15, 0.2) is 0 Å². The van der Waals surface area contributed by atoms with Gasteiger partial charge in [0.1, 0.15) is 5.41 Å².